The summed E-state index contributed by atoms with van der Waals surface area (Å²) in [4.78, 5) is 11.8. The molecule has 1 aliphatic rings. The van der Waals surface area contributed by atoms with E-state index in [0.29, 0.717) is 16.5 Å². The van der Waals surface area contributed by atoms with Gasteiger partial charge in [-0.25, -0.2) is 8.42 Å². The maximum atomic E-state index is 11.8. The summed E-state index contributed by atoms with van der Waals surface area (Å²) in [7, 11) is -3.46. The first-order valence-corrected chi connectivity index (χ1v) is 9.54. The summed E-state index contributed by atoms with van der Waals surface area (Å²) < 4.78 is 24.8. The van der Waals surface area contributed by atoms with Crippen LogP contribution in [0.2, 0.25) is 10.0 Å². The molecule has 22 heavy (non-hydrogen) atoms. The second-order valence-corrected chi connectivity index (χ2v) is 8.25. The number of carbonyl (C=O) groups is 1. The zero-order chi connectivity index (χ0) is 16.3. The maximum Gasteiger partial charge on any atom is 0.235 e. The van der Waals surface area contributed by atoms with Gasteiger partial charge in [-0.1, -0.05) is 29.3 Å². The molecule has 1 N–H and O–H groups in total. The molecule has 1 saturated carbocycles. The van der Waals surface area contributed by atoms with Crippen molar-refractivity contribution in [2.24, 2.45) is 0 Å². The lowest BCUT2D eigenvalue weighted by atomic mass is 10.1. The van der Waals surface area contributed by atoms with Gasteiger partial charge in [0.05, 0.1) is 12.8 Å². The third-order valence-electron chi connectivity index (χ3n) is 3.38. The number of nitrogens with one attached hydrogen (secondary N) is 1. The Labute approximate surface area is 140 Å². The highest BCUT2D eigenvalue weighted by Crippen LogP contribution is 2.22. The van der Waals surface area contributed by atoms with Gasteiger partial charge in [-0.05, 0) is 37.0 Å². The zero-order valence-corrected chi connectivity index (χ0v) is 14.5. The number of benzene rings is 1. The van der Waals surface area contributed by atoms with Crippen LogP contribution in [0.4, 0.5) is 0 Å². The van der Waals surface area contributed by atoms with Crippen LogP contribution in [0.1, 0.15) is 18.4 Å². The van der Waals surface area contributed by atoms with Gasteiger partial charge in [-0.3, -0.25) is 4.79 Å². The van der Waals surface area contributed by atoms with E-state index in [0.717, 1.165) is 29.0 Å². The smallest absolute Gasteiger partial charge is 0.235 e. The molecule has 0 spiro atoms. The molecular formula is C14H18Cl2N2O3S. The topological polar surface area (TPSA) is 66.5 Å². The van der Waals surface area contributed by atoms with Gasteiger partial charge in [0, 0.05) is 22.6 Å². The summed E-state index contributed by atoms with van der Waals surface area (Å²) in [6.07, 6.45) is 3.44. The molecule has 0 atom stereocenters. The van der Waals surface area contributed by atoms with Crippen molar-refractivity contribution in [3.8, 4) is 0 Å². The Bertz CT molecular complexity index is 660. The number of sulfonamides is 1. The number of hydrogen-bond acceptors (Lipinski definition) is 3. The van der Waals surface area contributed by atoms with E-state index in [1.54, 1.807) is 18.2 Å². The van der Waals surface area contributed by atoms with Crippen molar-refractivity contribution in [2.75, 3.05) is 19.3 Å². The molecule has 0 aliphatic heterocycles. The molecule has 8 heteroatoms. The van der Waals surface area contributed by atoms with Crippen molar-refractivity contribution < 1.29 is 13.2 Å². The van der Waals surface area contributed by atoms with E-state index >= 15 is 0 Å². The summed E-state index contributed by atoms with van der Waals surface area (Å²) >= 11 is 11.9. The van der Waals surface area contributed by atoms with Crippen LogP contribution in [0.15, 0.2) is 18.2 Å². The van der Waals surface area contributed by atoms with E-state index < -0.39 is 10.0 Å². The van der Waals surface area contributed by atoms with E-state index in [9.17, 15) is 13.2 Å². The van der Waals surface area contributed by atoms with E-state index in [1.165, 1.54) is 0 Å². The first kappa shape index (κ1) is 17.5. The van der Waals surface area contributed by atoms with Crippen molar-refractivity contribution in [1.82, 2.24) is 9.62 Å². The lowest BCUT2D eigenvalue weighted by molar-refractivity contribution is -0.121. The molecule has 0 unspecified atom stereocenters. The van der Waals surface area contributed by atoms with Crippen molar-refractivity contribution in [3.63, 3.8) is 0 Å². The highest BCUT2D eigenvalue weighted by atomic mass is 35.5. The van der Waals surface area contributed by atoms with Gasteiger partial charge < -0.3 is 5.32 Å². The normalized spacial score (nSPS) is 15.1. The predicted octanol–water partition coefficient (Wildman–Crippen LogP) is 2.08. The number of carbonyl (C=O) groups excluding carboxylic acids is 1. The number of hydrogen-bond donors (Lipinski definition) is 1. The first-order valence-electron chi connectivity index (χ1n) is 6.94. The van der Waals surface area contributed by atoms with Crippen LogP contribution >= 0.6 is 23.2 Å². The molecule has 1 aromatic rings. The van der Waals surface area contributed by atoms with Gasteiger partial charge in [0.15, 0.2) is 0 Å². The second kappa shape index (κ2) is 7.17. The van der Waals surface area contributed by atoms with Crippen molar-refractivity contribution >= 4 is 39.1 Å². The Hall–Kier alpha value is -0.820. The maximum absolute atomic E-state index is 11.8. The third-order valence-corrected chi connectivity index (χ3v) is 5.21. The highest BCUT2D eigenvalue weighted by Gasteiger charge is 2.26. The van der Waals surface area contributed by atoms with Gasteiger partial charge in [0.25, 0.3) is 0 Å². The van der Waals surface area contributed by atoms with Crippen LogP contribution in [-0.4, -0.2) is 44.0 Å². The van der Waals surface area contributed by atoms with Crippen LogP contribution in [0.5, 0.6) is 0 Å². The van der Waals surface area contributed by atoms with Crippen LogP contribution in [0.25, 0.3) is 0 Å². The summed E-state index contributed by atoms with van der Waals surface area (Å²) in [6.45, 7) is 0.0266. The molecular weight excluding hydrogens is 347 g/mol. The van der Waals surface area contributed by atoms with Crippen LogP contribution in [0, 0.1) is 0 Å². The fraction of sp³-hybridized carbons (Fsp3) is 0.500. The van der Waals surface area contributed by atoms with Crippen LogP contribution in [0.3, 0.4) is 0 Å². The molecule has 1 fully saturated rings. The molecule has 5 nitrogen and oxygen atoms in total. The largest absolute Gasteiger partial charge is 0.352 e. The number of rotatable bonds is 7. The quantitative estimate of drug-likeness (QED) is 0.805. The molecule has 0 aromatic heterocycles. The average Bonchev–Trinajstić information content (AvgIpc) is 3.18. The minimum absolute atomic E-state index is 0.166. The molecule has 1 aliphatic carbocycles. The molecule has 1 aromatic carbocycles. The van der Waals surface area contributed by atoms with Gasteiger partial charge in [0.1, 0.15) is 0 Å². The Morgan fingerprint density at radius 2 is 2.05 bits per heavy atom. The number of amides is 1. The van der Waals surface area contributed by atoms with E-state index in [4.69, 9.17) is 23.2 Å². The van der Waals surface area contributed by atoms with E-state index in [2.05, 4.69) is 5.32 Å². The van der Waals surface area contributed by atoms with E-state index in [-0.39, 0.29) is 25.0 Å². The molecule has 0 heterocycles. The lowest BCUT2D eigenvalue weighted by Gasteiger charge is -2.19. The standard InChI is InChI=1S/C14H18Cl2N2O3S/c1-22(20,21)18(9-14(19)17-12-4-5-12)7-6-10-2-3-11(15)8-13(10)16/h2-3,8,12H,4-7,9H2,1H3,(H,17,19). The molecule has 1 amide bonds. The van der Waals surface area contributed by atoms with Gasteiger partial charge in [0.2, 0.25) is 15.9 Å². The van der Waals surface area contributed by atoms with Gasteiger partial charge >= 0.3 is 0 Å². The summed E-state index contributed by atoms with van der Waals surface area (Å²) in [5.74, 6) is -0.268. The number of halogens is 2. The summed E-state index contributed by atoms with van der Waals surface area (Å²) in [6, 6.07) is 5.28. The van der Waals surface area contributed by atoms with Crippen LogP contribution in [-0.2, 0) is 21.2 Å². The monoisotopic (exact) mass is 364 g/mol. The zero-order valence-electron chi connectivity index (χ0n) is 12.2. The van der Waals surface area contributed by atoms with E-state index in [1.807, 2.05) is 0 Å². The molecule has 0 saturated heterocycles. The Balaban J connectivity index is 1.98. The van der Waals surface area contributed by atoms with Crippen molar-refractivity contribution in [2.45, 2.75) is 25.3 Å². The molecule has 0 bridgehead atoms. The molecule has 2 rings (SSSR count). The summed E-state index contributed by atoms with van der Waals surface area (Å²) in [5.41, 5.74) is 0.794. The summed E-state index contributed by atoms with van der Waals surface area (Å²) in [5, 5.41) is 3.80. The third kappa shape index (κ3) is 5.43. The molecule has 122 valence electrons. The fourth-order valence-electron chi connectivity index (χ4n) is 1.99. The minimum atomic E-state index is -3.46. The predicted molar refractivity (Wildman–Crippen MR) is 87.7 cm³/mol. The van der Waals surface area contributed by atoms with Crippen molar-refractivity contribution in [3.05, 3.63) is 33.8 Å². The Morgan fingerprint density at radius 3 is 2.59 bits per heavy atom. The highest BCUT2D eigenvalue weighted by molar-refractivity contribution is 7.88. The Kier molecular flexibility index (Phi) is 5.71. The van der Waals surface area contributed by atoms with Crippen LogP contribution < -0.4 is 5.32 Å². The average molecular weight is 365 g/mol. The SMILES string of the molecule is CS(=O)(=O)N(CCc1ccc(Cl)cc1Cl)CC(=O)NC1CC1. The Morgan fingerprint density at radius 1 is 1.36 bits per heavy atom. The lowest BCUT2D eigenvalue weighted by Crippen LogP contribution is -2.41. The second-order valence-electron chi connectivity index (χ2n) is 5.42. The van der Waals surface area contributed by atoms with Gasteiger partial charge in [-0.15, -0.1) is 0 Å². The van der Waals surface area contributed by atoms with Crippen molar-refractivity contribution in [1.29, 1.82) is 0 Å². The minimum Gasteiger partial charge on any atom is -0.352 e. The fourth-order valence-corrected chi connectivity index (χ4v) is 3.27. The number of nitrogens with zero attached hydrogens (tertiary/aromatic N) is 1. The van der Waals surface area contributed by atoms with Gasteiger partial charge in [-0.2, -0.15) is 4.31 Å². The molecule has 0 radical (unpaired) electrons. The first-order chi connectivity index (χ1) is 10.3.